The molecule has 8 heteroatoms. The van der Waals surface area contributed by atoms with Crippen molar-refractivity contribution in [3.8, 4) is 11.6 Å². The first-order valence-corrected chi connectivity index (χ1v) is 11.9. The molecule has 192 valence electrons. The maximum Gasteiger partial charge on any atom is 0.305 e. The van der Waals surface area contributed by atoms with E-state index in [4.69, 9.17) is 4.74 Å². The molecular formula is C28H35N3O5. The van der Waals surface area contributed by atoms with Crippen LogP contribution in [0.25, 0.3) is 5.69 Å². The highest BCUT2D eigenvalue weighted by molar-refractivity contribution is 5.93. The van der Waals surface area contributed by atoms with Crippen molar-refractivity contribution in [3.63, 3.8) is 0 Å². The average Bonchev–Trinajstić information content (AvgIpc) is 3.21. The van der Waals surface area contributed by atoms with E-state index < -0.39 is 28.9 Å². The molecule has 36 heavy (non-hydrogen) atoms. The minimum absolute atomic E-state index is 0.0136. The van der Waals surface area contributed by atoms with Gasteiger partial charge < -0.3 is 20.3 Å². The van der Waals surface area contributed by atoms with Gasteiger partial charge in [0.25, 0.3) is 5.91 Å². The van der Waals surface area contributed by atoms with E-state index in [1.165, 1.54) is 10.7 Å². The van der Waals surface area contributed by atoms with Crippen LogP contribution in [0.2, 0.25) is 0 Å². The molecule has 0 aliphatic carbocycles. The number of aryl methyl sites for hydroxylation is 2. The largest absolute Gasteiger partial charge is 0.481 e. The van der Waals surface area contributed by atoms with Gasteiger partial charge in [0, 0.05) is 6.07 Å². The Kier molecular flexibility index (Phi) is 7.89. The number of aliphatic hydroxyl groups is 1. The van der Waals surface area contributed by atoms with Crippen molar-refractivity contribution in [2.24, 2.45) is 5.41 Å². The number of hydrogen-bond acceptors (Lipinski definition) is 5. The molecule has 1 amide bonds. The van der Waals surface area contributed by atoms with E-state index in [2.05, 4.69) is 10.4 Å². The maximum absolute atomic E-state index is 13.3. The number of aliphatic carboxylic acids is 1. The first-order chi connectivity index (χ1) is 16.8. The Balaban J connectivity index is 1.93. The van der Waals surface area contributed by atoms with E-state index in [0.29, 0.717) is 5.69 Å². The lowest BCUT2D eigenvalue weighted by Crippen LogP contribution is -2.45. The topological polar surface area (TPSA) is 114 Å². The molecule has 2 unspecified atom stereocenters. The van der Waals surface area contributed by atoms with Gasteiger partial charge in [-0.2, -0.15) is 5.10 Å². The van der Waals surface area contributed by atoms with Crippen molar-refractivity contribution in [1.82, 2.24) is 15.1 Å². The summed E-state index contributed by atoms with van der Waals surface area (Å²) in [5.41, 5.74) is 1.84. The number of carbonyl (C=O) groups excluding carboxylic acids is 1. The average molecular weight is 494 g/mol. The van der Waals surface area contributed by atoms with Gasteiger partial charge in [0.2, 0.25) is 5.88 Å². The molecule has 0 aliphatic heterocycles. The monoisotopic (exact) mass is 493 g/mol. The number of amides is 1. The van der Waals surface area contributed by atoms with Crippen LogP contribution in [0.15, 0.2) is 54.6 Å². The SMILES string of the molecule is Cc1ccc(C(CC(=O)O)NC(=O)c2cc(OCC(C)(O)C(C)(C)C)n(-c3ccccc3)n2)c(C)c1. The number of carboxylic acid groups (broad SMARTS) is 1. The predicted octanol–water partition coefficient (Wildman–Crippen LogP) is 4.61. The van der Waals surface area contributed by atoms with Gasteiger partial charge in [-0.1, -0.05) is 62.7 Å². The minimum Gasteiger partial charge on any atom is -0.481 e. The third-order valence-corrected chi connectivity index (χ3v) is 6.51. The van der Waals surface area contributed by atoms with Gasteiger partial charge in [-0.15, -0.1) is 0 Å². The van der Waals surface area contributed by atoms with Crippen LogP contribution < -0.4 is 10.1 Å². The summed E-state index contributed by atoms with van der Waals surface area (Å²) < 4.78 is 7.47. The van der Waals surface area contributed by atoms with Crippen molar-refractivity contribution >= 4 is 11.9 Å². The number of ether oxygens (including phenoxy) is 1. The first kappa shape index (κ1) is 26.9. The zero-order valence-electron chi connectivity index (χ0n) is 21.7. The highest BCUT2D eigenvalue weighted by Gasteiger charge is 2.36. The molecule has 0 saturated heterocycles. The molecule has 0 saturated carbocycles. The summed E-state index contributed by atoms with van der Waals surface area (Å²) in [6.45, 7) is 11.3. The summed E-state index contributed by atoms with van der Waals surface area (Å²) in [7, 11) is 0. The Morgan fingerprint density at radius 3 is 2.31 bits per heavy atom. The van der Waals surface area contributed by atoms with Crippen LogP contribution in [0.3, 0.4) is 0 Å². The van der Waals surface area contributed by atoms with Crippen LogP contribution in [0.1, 0.15) is 67.3 Å². The number of aromatic nitrogens is 2. The van der Waals surface area contributed by atoms with Gasteiger partial charge in [0.1, 0.15) is 12.2 Å². The van der Waals surface area contributed by atoms with Gasteiger partial charge in [-0.05, 0) is 49.4 Å². The lowest BCUT2D eigenvalue weighted by Gasteiger charge is -2.36. The lowest BCUT2D eigenvalue weighted by molar-refractivity contribution is -0.137. The minimum atomic E-state index is -1.14. The van der Waals surface area contributed by atoms with Gasteiger partial charge in [0.15, 0.2) is 5.69 Å². The fourth-order valence-electron chi connectivity index (χ4n) is 3.63. The molecule has 0 spiro atoms. The van der Waals surface area contributed by atoms with Crippen LogP contribution in [0, 0.1) is 19.3 Å². The van der Waals surface area contributed by atoms with E-state index in [9.17, 15) is 19.8 Å². The van der Waals surface area contributed by atoms with E-state index in [1.807, 2.05) is 83.1 Å². The Morgan fingerprint density at radius 2 is 1.72 bits per heavy atom. The molecule has 2 atom stereocenters. The normalized spacial score (nSPS) is 14.1. The van der Waals surface area contributed by atoms with E-state index >= 15 is 0 Å². The Hall–Kier alpha value is -3.65. The molecule has 0 fully saturated rings. The number of rotatable bonds is 9. The van der Waals surface area contributed by atoms with E-state index in [0.717, 1.165) is 16.7 Å². The zero-order valence-corrected chi connectivity index (χ0v) is 21.7. The van der Waals surface area contributed by atoms with Crippen LogP contribution in [0.4, 0.5) is 0 Å². The van der Waals surface area contributed by atoms with Gasteiger partial charge in [-0.3, -0.25) is 9.59 Å². The van der Waals surface area contributed by atoms with Crippen molar-refractivity contribution in [1.29, 1.82) is 0 Å². The molecule has 1 aromatic heterocycles. The molecule has 3 aromatic rings. The second-order valence-corrected chi connectivity index (χ2v) is 10.4. The smallest absolute Gasteiger partial charge is 0.305 e. The van der Waals surface area contributed by atoms with Crippen molar-refractivity contribution < 1.29 is 24.5 Å². The number of carbonyl (C=O) groups is 2. The van der Waals surface area contributed by atoms with E-state index in [-0.39, 0.29) is 24.6 Å². The van der Waals surface area contributed by atoms with Crippen molar-refractivity contribution in [2.75, 3.05) is 6.61 Å². The predicted molar refractivity (Wildman–Crippen MR) is 138 cm³/mol. The summed E-state index contributed by atoms with van der Waals surface area (Å²) in [4.78, 5) is 24.8. The Labute approximate surface area is 211 Å². The summed E-state index contributed by atoms with van der Waals surface area (Å²) in [5, 5.41) is 27.6. The fourth-order valence-corrected chi connectivity index (χ4v) is 3.63. The molecule has 2 aromatic carbocycles. The number of para-hydroxylation sites is 1. The second kappa shape index (κ2) is 10.5. The molecule has 0 radical (unpaired) electrons. The number of nitrogens with one attached hydrogen (secondary N) is 1. The van der Waals surface area contributed by atoms with Gasteiger partial charge in [0.05, 0.1) is 18.2 Å². The second-order valence-electron chi connectivity index (χ2n) is 10.4. The standard InChI is InChI=1S/C28H35N3O5/c1-18-12-13-21(19(2)14-18)22(16-25(32)33)29-26(34)23-15-24(36-17-28(6,35)27(3,4)5)31(30-23)20-10-8-7-9-11-20/h7-15,22,35H,16-17H2,1-6H3,(H,29,34)(H,32,33). The number of hydrogen-bond donors (Lipinski definition) is 3. The van der Waals surface area contributed by atoms with Crippen LogP contribution in [0.5, 0.6) is 5.88 Å². The van der Waals surface area contributed by atoms with Crippen molar-refractivity contribution in [3.05, 3.63) is 77.0 Å². The van der Waals surface area contributed by atoms with Crippen LogP contribution in [-0.4, -0.2) is 44.1 Å². The summed E-state index contributed by atoms with van der Waals surface area (Å²) in [6.07, 6.45) is -0.271. The number of carboxylic acids is 1. The summed E-state index contributed by atoms with van der Waals surface area (Å²) in [5.74, 6) is -1.26. The fraction of sp³-hybridized carbons (Fsp3) is 0.393. The number of nitrogens with zero attached hydrogens (tertiary/aromatic N) is 2. The Morgan fingerprint density at radius 1 is 1.06 bits per heavy atom. The zero-order chi connectivity index (χ0) is 26.7. The Bertz CT molecular complexity index is 1230. The third kappa shape index (κ3) is 6.31. The highest BCUT2D eigenvalue weighted by atomic mass is 16.5. The molecule has 3 rings (SSSR count). The molecule has 3 N–H and O–H groups in total. The maximum atomic E-state index is 13.3. The van der Waals surface area contributed by atoms with Crippen LogP contribution >= 0.6 is 0 Å². The van der Waals surface area contributed by atoms with E-state index in [1.54, 1.807) is 6.92 Å². The summed E-state index contributed by atoms with van der Waals surface area (Å²) >= 11 is 0. The van der Waals surface area contributed by atoms with Gasteiger partial charge >= 0.3 is 5.97 Å². The first-order valence-electron chi connectivity index (χ1n) is 11.9. The highest BCUT2D eigenvalue weighted by Crippen LogP contribution is 2.31. The molecule has 1 heterocycles. The number of benzene rings is 2. The summed E-state index contributed by atoms with van der Waals surface area (Å²) in [6, 6.07) is 15.6. The third-order valence-electron chi connectivity index (χ3n) is 6.51. The molecule has 0 aliphatic rings. The molecular weight excluding hydrogens is 458 g/mol. The van der Waals surface area contributed by atoms with Crippen molar-refractivity contribution in [2.45, 2.75) is 59.6 Å². The lowest BCUT2D eigenvalue weighted by atomic mass is 9.78. The molecule has 8 nitrogen and oxygen atoms in total. The quantitative estimate of drug-likeness (QED) is 0.401. The molecule has 0 bridgehead atoms. The van der Waals surface area contributed by atoms with Crippen LogP contribution in [-0.2, 0) is 4.79 Å². The van der Waals surface area contributed by atoms with Gasteiger partial charge in [-0.25, -0.2) is 4.68 Å².